The molecule has 2 rings (SSSR count). The fourth-order valence-corrected chi connectivity index (χ4v) is 4.23. The zero-order valence-corrected chi connectivity index (χ0v) is 13.9. The van der Waals surface area contributed by atoms with Gasteiger partial charge in [-0.1, -0.05) is 19.3 Å². The topological polar surface area (TPSA) is 72.5 Å². The molecule has 0 bridgehead atoms. The average molecular weight is 352 g/mol. The number of thiophene rings is 1. The number of amides is 1. The largest absolute Gasteiger partial charge is 0.376 e. The fraction of sp³-hybridized carbons (Fsp3) is 0.615. The second-order valence-corrected chi connectivity index (χ2v) is 8.68. The second kappa shape index (κ2) is 7.58. The van der Waals surface area contributed by atoms with Gasteiger partial charge in [0.1, 0.15) is 4.21 Å². The first-order valence-electron chi connectivity index (χ1n) is 6.90. The third-order valence-corrected chi connectivity index (χ3v) is 6.41. The minimum absolute atomic E-state index is 0.0206. The Morgan fingerprint density at radius 1 is 1.38 bits per heavy atom. The van der Waals surface area contributed by atoms with E-state index in [0.717, 1.165) is 24.2 Å². The van der Waals surface area contributed by atoms with Crippen LogP contribution in [0.3, 0.4) is 0 Å². The quantitative estimate of drug-likeness (QED) is 0.631. The van der Waals surface area contributed by atoms with Gasteiger partial charge in [0.2, 0.25) is 0 Å². The average Bonchev–Trinajstić information content (AvgIpc) is 2.94. The van der Waals surface area contributed by atoms with Crippen LogP contribution in [0.15, 0.2) is 15.7 Å². The Morgan fingerprint density at radius 2 is 2.10 bits per heavy atom. The lowest BCUT2D eigenvalue weighted by atomic mass is 9.98. The van der Waals surface area contributed by atoms with Crippen LogP contribution in [0.25, 0.3) is 0 Å². The summed E-state index contributed by atoms with van der Waals surface area (Å²) in [6.45, 7) is 0.884. The minimum atomic E-state index is -3.77. The van der Waals surface area contributed by atoms with E-state index in [1.54, 1.807) is 0 Å². The van der Waals surface area contributed by atoms with E-state index in [1.807, 2.05) is 0 Å². The van der Waals surface area contributed by atoms with Gasteiger partial charge in [-0.15, -0.1) is 11.3 Å². The summed E-state index contributed by atoms with van der Waals surface area (Å²) in [7, 11) is 1.45. The van der Waals surface area contributed by atoms with Crippen LogP contribution < -0.4 is 5.32 Å². The lowest BCUT2D eigenvalue weighted by Gasteiger charge is -2.21. The molecule has 118 valence electrons. The molecule has 1 N–H and O–H groups in total. The van der Waals surface area contributed by atoms with Crippen LogP contribution >= 0.6 is 22.0 Å². The summed E-state index contributed by atoms with van der Waals surface area (Å²) in [6.07, 6.45) is 6.19. The fourth-order valence-electron chi connectivity index (χ4n) is 2.29. The molecule has 0 saturated heterocycles. The third-order valence-electron chi connectivity index (χ3n) is 3.37. The molecule has 1 aliphatic carbocycles. The summed E-state index contributed by atoms with van der Waals surface area (Å²) in [5.41, 5.74) is 0.303. The summed E-state index contributed by atoms with van der Waals surface area (Å²) < 4.78 is 27.9. The van der Waals surface area contributed by atoms with E-state index in [9.17, 15) is 13.2 Å². The Kier molecular flexibility index (Phi) is 6.04. The van der Waals surface area contributed by atoms with Crippen LogP contribution in [0.4, 0.5) is 0 Å². The summed E-state index contributed by atoms with van der Waals surface area (Å²) >= 11 is 0.935. The van der Waals surface area contributed by atoms with Gasteiger partial charge >= 0.3 is 0 Å². The summed E-state index contributed by atoms with van der Waals surface area (Å²) in [5, 5.41) is 4.19. The van der Waals surface area contributed by atoms with E-state index in [-0.39, 0.29) is 10.1 Å². The van der Waals surface area contributed by atoms with Crippen LogP contribution in [-0.4, -0.2) is 33.6 Å². The molecular formula is C13H18ClNO4S2. The van der Waals surface area contributed by atoms with Crippen molar-refractivity contribution in [3.05, 3.63) is 17.0 Å². The Balaban J connectivity index is 1.73. The van der Waals surface area contributed by atoms with Gasteiger partial charge in [0.25, 0.3) is 15.0 Å². The number of hydrogen-bond acceptors (Lipinski definition) is 5. The van der Waals surface area contributed by atoms with Crippen LogP contribution in [-0.2, 0) is 13.8 Å². The molecule has 1 amide bonds. The van der Waals surface area contributed by atoms with E-state index >= 15 is 0 Å². The highest BCUT2D eigenvalue weighted by molar-refractivity contribution is 8.15. The van der Waals surface area contributed by atoms with Crippen molar-refractivity contribution in [1.29, 1.82) is 0 Å². The maximum absolute atomic E-state index is 11.8. The predicted molar refractivity (Wildman–Crippen MR) is 82.5 cm³/mol. The van der Waals surface area contributed by atoms with Crippen molar-refractivity contribution < 1.29 is 17.9 Å². The number of halogens is 1. The first-order valence-corrected chi connectivity index (χ1v) is 10.1. The van der Waals surface area contributed by atoms with Gasteiger partial charge in [0.05, 0.1) is 18.3 Å². The highest BCUT2D eigenvalue weighted by Crippen LogP contribution is 2.23. The predicted octanol–water partition coefficient (Wildman–Crippen LogP) is 2.75. The normalized spacial score (nSPS) is 16.8. The maximum Gasteiger partial charge on any atom is 0.270 e. The Labute approximate surface area is 133 Å². The van der Waals surface area contributed by atoms with Gasteiger partial charge < -0.3 is 10.1 Å². The van der Waals surface area contributed by atoms with Crippen molar-refractivity contribution in [1.82, 2.24) is 5.32 Å². The molecule has 0 aliphatic heterocycles. The molecule has 0 spiro atoms. The van der Waals surface area contributed by atoms with Gasteiger partial charge in [0.15, 0.2) is 0 Å². The summed E-state index contributed by atoms with van der Waals surface area (Å²) in [5.74, 6) is -0.315. The smallest absolute Gasteiger partial charge is 0.270 e. The van der Waals surface area contributed by atoms with Gasteiger partial charge in [0, 0.05) is 22.6 Å². The molecule has 1 heterocycles. The van der Waals surface area contributed by atoms with Gasteiger partial charge in [-0.05, 0) is 18.9 Å². The molecule has 5 nitrogen and oxygen atoms in total. The third kappa shape index (κ3) is 5.25. The molecule has 1 saturated carbocycles. The number of hydrogen-bond donors (Lipinski definition) is 1. The van der Waals surface area contributed by atoms with E-state index in [0.29, 0.717) is 24.8 Å². The lowest BCUT2D eigenvalue weighted by molar-refractivity contribution is 0.0299. The molecule has 0 aromatic carbocycles. The molecule has 0 unspecified atom stereocenters. The van der Waals surface area contributed by atoms with E-state index < -0.39 is 9.05 Å². The molecular weight excluding hydrogens is 334 g/mol. The van der Waals surface area contributed by atoms with Crippen molar-refractivity contribution in [2.75, 3.05) is 13.2 Å². The van der Waals surface area contributed by atoms with Crippen molar-refractivity contribution in [2.24, 2.45) is 0 Å². The van der Waals surface area contributed by atoms with Crippen molar-refractivity contribution >= 4 is 37.0 Å². The standard InChI is InChI=1S/C13H18ClNO4S2/c14-21(17,18)12-8-10(9-20-12)13(16)15-6-7-19-11-4-2-1-3-5-11/h8-9,11H,1-7H2,(H,15,16). The Morgan fingerprint density at radius 3 is 2.71 bits per heavy atom. The Bertz CT molecular complexity index is 579. The van der Waals surface area contributed by atoms with Crippen LogP contribution in [0, 0.1) is 0 Å². The second-order valence-electron chi connectivity index (χ2n) is 4.98. The molecule has 0 atom stereocenters. The number of carbonyl (C=O) groups excluding carboxylic acids is 1. The highest BCUT2D eigenvalue weighted by Gasteiger charge is 2.17. The van der Waals surface area contributed by atoms with E-state index in [1.165, 1.54) is 30.7 Å². The van der Waals surface area contributed by atoms with Crippen molar-refractivity contribution in [2.45, 2.75) is 42.4 Å². The number of nitrogens with one attached hydrogen (secondary N) is 1. The first kappa shape index (κ1) is 16.7. The molecule has 0 radical (unpaired) electrons. The summed E-state index contributed by atoms with van der Waals surface area (Å²) in [6, 6.07) is 1.28. The molecule has 8 heteroatoms. The number of carbonyl (C=O) groups is 1. The van der Waals surface area contributed by atoms with E-state index in [4.69, 9.17) is 15.4 Å². The lowest BCUT2D eigenvalue weighted by Crippen LogP contribution is -2.29. The monoisotopic (exact) mass is 351 g/mol. The zero-order chi connectivity index (χ0) is 15.3. The van der Waals surface area contributed by atoms with Crippen molar-refractivity contribution in [3.63, 3.8) is 0 Å². The number of rotatable bonds is 6. The van der Waals surface area contributed by atoms with Crippen LogP contribution in [0.1, 0.15) is 42.5 Å². The highest BCUT2D eigenvalue weighted by atomic mass is 35.7. The minimum Gasteiger partial charge on any atom is -0.376 e. The zero-order valence-electron chi connectivity index (χ0n) is 11.5. The molecule has 1 aromatic heterocycles. The molecule has 1 aromatic rings. The van der Waals surface area contributed by atoms with Gasteiger partial charge in [-0.3, -0.25) is 4.79 Å². The van der Waals surface area contributed by atoms with Crippen LogP contribution in [0.5, 0.6) is 0 Å². The van der Waals surface area contributed by atoms with E-state index in [2.05, 4.69) is 5.32 Å². The van der Waals surface area contributed by atoms with Gasteiger partial charge in [-0.25, -0.2) is 8.42 Å². The maximum atomic E-state index is 11.8. The molecule has 1 fully saturated rings. The summed E-state index contributed by atoms with van der Waals surface area (Å²) in [4.78, 5) is 11.8. The first-order chi connectivity index (χ1) is 9.97. The SMILES string of the molecule is O=C(NCCOC1CCCCC1)c1csc(S(=O)(=O)Cl)c1. The van der Waals surface area contributed by atoms with Crippen LogP contribution in [0.2, 0.25) is 0 Å². The molecule has 21 heavy (non-hydrogen) atoms. The van der Waals surface area contributed by atoms with Crippen molar-refractivity contribution in [3.8, 4) is 0 Å². The Hall–Kier alpha value is -0.630. The number of ether oxygens (including phenoxy) is 1. The van der Waals surface area contributed by atoms with Gasteiger partial charge in [-0.2, -0.15) is 0 Å². The molecule has 1 aliphatic rings.